The van der Waals surface area contributed by atoms with Gasteiger partial charge < -0.3 is 29.0 Å². The summed E-state index contributed by atoms with van der Waals surface area (Å²) in [5.74, 6) is -0.936. The highest BCUT2D eigenvalue weighted by Gasteiger charge is 2.29. The molecule has 0 unspecified atom stereocenters. The van der Waals surface area contributed by atoms with Crippen LogP contribution in [0.4, 0.5) is 21.0 Å². The summed E-state index contributed by atoms with van der Waals surface area (Å²) in [6, 6.07) is 24.4. The maximum absolute atomic E-state index is 13.0. The number of benzene rings is 4. The van der Waals surface area contributed by atoms with Crippen LogP contribution in [-0.2, 0) is 35.5 Å². The fourth-order valence-electron chi connectivity index (χ4n) is 5.28. The Balaban J connectivity index is 1.18. The van der Waals surface area contributed by atoms with Gasteiger partial charge in [0, 0.05) is 42.6 Å². The van der Waals surface area contributed by atoms with Crippen molar-refractivity contribution in [1.82, 2.24) is 5.32 Å². The smallest absolute Gasteiger partial charge is 0.449 e. The Labute approximate surface area is 305 Å². The van der Waals surface area contributed by atoms with Crippen LogP contribution in [0.2, 0.25) is 0 Å². The van der Waals surface area contributed by atoms with Gasteiger partial charge in [-0.3, -0.25) is 14.9 Å². The van der Waals surface area contributed by atoms with E-state index in [1.807, 2.05) is 48.5 Å². The largest absolute Gasteiger partial charge is 0.514 e. The van der Waals surface area contributed by atoms with Crippen molar-refractivity contribution in [3.05, 3.63) is 118 Å². The van der Waals surface area contributed by atoms with Gasteiger partial charge in [-0.25, -0.2) is 13.8 Å². The number of nitrogens with zero attached hydrogens (tertiary/aromatic N) is 1. The van der Waals surface area contributed by atoms with Crippen LogP contribution in [0, 0.1) is 15.5 Å². The van der Waals surface area contributed by atoms with Crippen molar-refractivity contribution in [1.29, 1.82) is 0 Å². The summed E-state index contributed by atoms with van der Waals surface area (Å²) in [7, 11) is -4.48. The SMILES string of the molecule is CC(C)(C)COS(=O)(=O)Oc1ccc(COC(=O)Oc2ccc([N+](=O)[O-])cc2)c(NC(=O)CCNC(=O)OCC2c3ccccc3-c3ccccc32)c1. The first-order valence-electron chi connectivity index (χ1n) is 16.4. The van der Waals surface area contributed by atoms with E-state index in [1.54, 1.807) is 20.8 Å². The number of amides is 2. The number of nitro groups is 1. The Bertz CT molecular complexity index is 2050. The molecule has 2 amide bonds. The molecule has 0 spiro atoms. The molecule has 0 radical (unpaired) electrons. The second-order valence-electron chi connectivity index (χ2n) is 13.1. The van der Waals surface area contributed by atoms with Crippen molar-refractivity contribution in [3.8, 4) is 22.6 Å². The third kappa shape index (κ3) is 10.8. The molecule has 0 atom stereocenters. The van der Waals surface area contributed by atoms with Crippen molar-refractivity contribution < 1.29 is 50.3 Å². The Morgan fingerprint density at radius 1 is 0.849 bits per heavy atom. The topological polar surface area (TPSA) is 199 Å². The lowest BCUT2D eigenvalue weighted by Crippen LogP contribution is -2.29. The van der Waals surface area contributed by atoms with E-state index >= 15 is 0 Å². The molecule has 278 valence electrons. The normalized spacial score (nSPS) is 12.2. The maximum Gasteiger partial charge on any atom is 0.514 e. The average molecular weight is 748 g/mol. The highest BCUT2D eigenvalue weighted by atomic mass is 32.3. The summed E-state index contributed by atoms with van der Waals surface area (Å²) in [4.78, 5) is 48.2. The lowest BCUT2D eigenvalue weighted by atomic mass is 9.98. The van der Waals surface area contributed by atoms with E-state index in [1.165, 1.54) is 30.3 Å². The minimum absolute atomic E-state index is 0.0118. The fourth-order valence-corrected chi connectivity index (χ4v) is 6.16. The van der Waals surface area contributed by atoms with Gasteiger partial charge in [0.05, 0.1) is 17.2 Å². The van der Waals surface area contributed by atoms with E-state index in [0.717, 1.165) is 34.4 Å². The third-order valence-electron chi connectivity index (χ3n) is 7.75. The van der Waals surface area contributed by atoms with Gasteiger partial charge in [0.25, 0.3) is 5.69 Å². The Morgan fingerprint density at radius 3 is 2.09 bits per heavy atom. The van der Waals surface area contributed by atoms with Gasteiger partial charge in [0.15, 0.2) is 0 Å². The molecule has 0 aliphatic heterocycles. The molecule has 4 aromatic rings. The number of carbonyl (C=O) groups is 3. The number of non-ortho nitro benzene ring substituents is 1. The lowest BCUT2D eigenvalue weighted by Gasteiger charge is -2.18. The number of hydrogen-bond donors (Lipinski definition) is 2. The summed E-state index contributed by atoms with van der Waals surface area (Å²) in [5, 5.41) is 16.0. The molecule has 0 saturated carbocycles. The molecular weight excluding hydrogens is 710 g/mol. The Kier molecular flexibility index (Phi) is 11.9. The second kappa shape index (κ2) is 16.6. The minimum Gasteiger partial charge on any atom is -0.449 e. The Morgan fingerprint density at radius 2 is 1.47 bits per heavy atom. The predicted molar refractivity (Wildman–Crippen MR) is 192 cm³/mol. The predicted octanol–water partition coefficient (Wildman–Crippen LogP) is 6.86. The van der Waals surface area contributed by atoms with E-state index in [0.29, 0.717) is 0 Å². The molecule has 0 aromatic heterocycles. The molecule has 1 aliphatic rings. The molecule has 0 bridgehead atoms. The highest BCUT2D eigenvalue weighted by molar-refractivity contribution is 7.82. The first-order chi connectivity index (χ1) is 25.2. The molecule has 4 aromatic carbocycles. The van der Waals surface area contributed by atoms with Crippen LogP contribution >= 0.6 is 0 Å². The van der Waals surface area contributed by atoms with E-state index in [-0.39, 0.29) is 60.5 Å². The summed E-state index contributed by atoms with van der Waals surface area (Å²) >= 11 is 0. The monoisotopic (exact) mass is 747 g/mol. The van der Waals surface area contributed by atoms with Crippen LogP contribution in [0.1, 0.15) is 49.8 Å². The molecule has 2 N–H and O–H groups in total. The molecule has 5 rings (SSSR count). The summed E-state index contributed by atoms with van der Waals surface area (Å²) in [5.41, 5.74) is 3.86. The zero-order valence-corrected chi connectivity index (χ0v) is 29.8. The first-order valence-corrected chi connectivity index (χ1v) is 17.7. The molecule has 1 aliphatic carbocycles. The van der Waals surface area contributed by atoms with E-state index in [2.05, 4.69) is 10.6 Å². The van der Waals surface area contributed by atoms with Crippen LogP contribution in [0.15, 0.2) is 91.0 Å². The van der Waals surface area contributed by atoms with Crippen molar-refractivity contribution in [2.75, 3.05) is 25.1 Å². The summed E-state index contributed by atoms with van der Waals surface area (Å²) in [6.45, 7) is 4.74. The van der Waals surface area contributed by atoms with Gasteiger partial charge in [-0.2, -0.15) is 8.42 Å². The minimum atomic E-state index is -4.48. The summed E-state index contributed by atoms with van der Waals surface area (Å²) < 4.78 is 50.7. The standard InChI is InChI=1S/C37H37N3O12S/c1-37(2,3)23-50-53(46,47)52-27-15-12-24(21-49-36(43)51-26-16-13-25(14-17-26)40(44)45)33(20-27)39-34(41)18-19-38-35(42)48-22-32-30-10-6-4-8-28(30)29-9-5-7-11-31(29)32/h4-17,20,32H,18-19,21-23H2,1-3H3,(H,38,42)(H,39,41). The average Bonchev–Trinajstić information content (AvgIpc) is 3.43. The zero-order valence-electron chi connectivity index (χ0n) is 29.0. The van der Waals surface area contributed by atoms with Crippen LogP contribution < -0.4 is 19.6 Å². The number of anilines is 1. The van der Waals surface area contributed by atoms with Gasteiger partial charge in [-0.05, 0) is 51.9 Å². The number of ether oxygens (including phenoxy) is 3. The number of alkyl carbamates (subject to hydrolysis) is 1. The van der Waals surface area contributed by atoms with Crippen LogP contribution in [0.5, 0.6) is 11.5 Å². The van der Waals surface area contributed by atoms with Gasteiger partial charge in [-0.1, -0.05) is 69.3 Å². The molecule has 0 saturated heterocycles. The first kappa shape index (κ1) is 38.2. The van der Waals surface area contributed by atoms with E-state index in [4.69, 9.17) is 22.6 Å². The van der Waals surface area contributed by atoms with E-state index < -0.39 is 45.5 Å². The summed E-state index contributed by atoms with van der Waals surface area (Å²) in [6.07, 6.45) is -2.07. The zero-order chi connectivity index (χ0) is 38.2. The van der Waals surface area contributed by atoms with Crippen LogP contribution in [-0.4, -0.2) is 51.3 Å². The molecule has 16 heteroatoms. The van der Waals surface area contributed by atoms with Crippen molar-refractivity contribution in [3.63, 3.8) is 0 Å². The van der Waals surface area contributed by atoms with Gasteiger partial charge >= 0.3 is 22.6 Å². The number of carbonyl (C=O) groups excluding carboxylic acids is 3. The quantitative estimate of drug-likeness (QED) is 0.0589. The fraction of sp³-hybridized carbons (Fsp3) is 0.270. The van der Waals surface area contributed by atoms with Crippen molar-refractivity contribution >= 4 is 39.9 Å². The molecule has 0 heterocycles. The number of nitro benzene ring substituents is 1. The lowest BCUT2D eigenvalue weighted by molar-refractivity contribution is -0.384. The van der Waals surface area contributed by atoms with Gasteiger partial charge in [0.1, 0.15) is 24.7 Å². The number of nitrogens with one attached hydrogen (secondary N) is 2. The van der Waals surface area contributed by atoms with E-state index in [9.17, 15) is 32.9 Å². The molecule has 0 fully saturated rings. The van der Waals surface area contributed by atoms with Crippen molar-refractivity contribution in [2.24, 2.45) is 5.41 Å². The van der Waals surface area contributed by atoms with Crippen LogP contribution in [0.3, 0.4) is 0 Å². The third-order valence-corrected chi connectivity index (χ3v) is 8.55. The number of rotatable bonds is 14. The maximum atomic E-state index is 13.0. The highest BCUT2D eigenvalue weighted by Crippen LogP contribution is 2.44. The molecule has 15 nitrogen and oxygen atoms in total. The second-order valence-corrected chi connectivity index (χ2v) is 14.3. The van der Waals surface area contributed by atoms with Gasteiger partial charge in [-0.15, -0.1) is 0 Å². The molecular formula is C37H37N3O12S. The van der Waals surface area contributed by atoms with Crippen LogP contribution in [0.25, 0.3) is 11.1 Å². The molecule has 53 heavy (non-hydrogen) atoms. The number of hydrogen-bond acceptors (Lipinski definition) is 12. The number of fused-ring (bicyclic) bond motifs is 3. The van der Waals surface area contributed by atoms with Gasteiger partial charge in [0.2, 0.25) is 5.91 Å². The van der Waals surface area contributed by atoms with Crippen molar-refractivity contribution in [2.45, 2.75) is 39.7 Å². The Hall–Kier alpha value is -6.00.